The van der Waals surface area contributed by atoms with Crippen LogP contribution in [0.1, 0.15) is 24.0 Å². The van der Waals surface area contributed by atoms with Crippen molar-refractivity contribution in [3.63, 3.8) is 0 Å². The van der Waals surface area contributed by atoms with Crippen LogP contribution in [-0.2, 0) is 21.4 Å². The summed E-state index contributed by atoms with van der Waals surface area (Å²) in [6.45, 7) is 5.69. The Kier molecular flexibility index (Phi) is 7.45. The first-order valence-corrected chi connectivity index (χ1v) is 13.1. The van der Waals surface area contributed by atoms with Crippen molar-refractivity contribution in [2.75, 3.05) is 46.9 Å². The van der Waals surface area contributed by atoms with Crippen molar-refractivity contribution in [2.24, 2.45) is 0 Å². The van der Waals surface area contributed by atoms with Gasteiger partial charge in [0.05, 0.1) is 19.1 Å². The number of piperazine rings is 1. The number of hydrogen-bond donors (Lipinski definition) is 0. The third-order valence-electron chi connectivity index (χ3n) is 6.65. The molecule has 0 saturated carbocycles. The van der Waals surface area contributed by atoms with Crippen LogP contribution in [0.3, 0.4) is 0 Å². The molecule has 0 aliphatic carbocycles. The Bertz CT molecular complexity index is 1110. The second-order valence-electron chi connectivity index (χ2n) is 8.88. The van der Waals surface area contributed by atoms with Gasteiger partial charge in [-0.1, -0.05) is 23.8 Å². The average Bonchev–Trinajstić information content (AvgIpc) is 3.35. The van der Waals surface area contributed by atoms with E-state index in [1.54, 1.807) is 38.5 Å². The van der Waals surface area contributed by atoms with Gasteiger partial charge in [0.15, 0.2) is 11.5 Å². The number of rotatable bonds is 7. The molecule has 2 aromatic carbocycles. The molecule has 1 atom stereocenters. The van der Waals surface area contributed by atoms with Gasteiger partial charge in [-0.15, -0.1) is 0 Å². The Morgan fingerprint density at radius 3 is 2.26 bits per heavy atom. The molecule has 184 valence electrons. The van der Waals surface area contributed by atoms with Gasteiger partial charge in [0, 0.05) is 39.3 Å². The average molecular weight is 488 g/mol. The molecule has 0 radical (unpaired) electrons. The number of nitrogens with zero attached hydrogens (tertiary/aromatic N) is 3. The van der Waals surface area contributed by atoms with E-state index in [2.05, 4.69) is 4.90 Å². The van der Waals surface area contributed by atoms with Crippen molar-refractivity contribution in [1.82, 2.24) is 14.1 Å². The number of sulfonamides is 1. The standard InChI is InChI=1S/C25H33N3O5S/c1-19-6-9-21(10-7-19)34(30,31)28-12-4-5-22(28)25(29)27-15-13-26(14-16-27)18-20-8-11-23(32-2)24(17-20)33-3/h6-11,17,22H,4-5,12-16,18H2,1-3H3. The number of aryl methyl sites for hydroxylation is 1. The lowest BCUT2D eigenvalue weighted by Crippen LogP contribution is -2.54. The number of carbonyl (C=O) groups excluding carboxylic acids is 1. The van der Waals surface area contributed by atoms with Crippen LogP contribution in [-0.4, -0.2) is 81.4 Å². The van der Waals surface area contributed by atoms with Crippen molar-refractivity contribution < 1.29 is 22.7 Å². The van der Waals surface area contributed by atoms with Crippen molar-refractivity contribution >= 4 is 15.9 Å². The molecular weight excluding hydrogens is 454 g/mol. The van der Waals surface area contributed by atoms with Gasteiger partial charge in [-0.2, -0.15) is 4.31 Å². The van der Waals surface area contributed by atoms with Gasteiger partial charge in [0.25, 0.3) is 0 Å². The number of ether oxygens (including phenoxy) is 2. The number of carbonyl (C=O) groups is 1. The largest absolute Gasteiger partial charge is 0.493 e. The van der Waals surface area contributed by atoms with Crippen molar-refractivity contribution in [2.45, 2.75) is 37.2 Å². The molecule has 2 aromatic rings. The van der Waals surface area contributed by atoms with E-state index in [0.717, 1.165) is 30.8 Å². The molecular formula is C25H33N3O5S. The molecule has 34 heavy (non-hydrogen) atoms. The van der Waals surface area contributed by atoms with Crippen LogP contribution in [0, 0.1) is 6.92 Å². The van der Waals surface area contributed by atoms with E-state index >= 15 is 0 Å². The number of methoxy groups -OCH3 is 2. The van der Waals surface area contributed by atoms with E-state index in [0.29, 0.717) is 44.0 Å². The predicted octanol–water partition coefficient (Wildman–Crippen LogP) is 2.51. The smallest absolute Gasteiger partial charge is 0.243 e. The summed E-state index contributed by atoms with van der Waals surface area (Å²) < 4.78 is 38.6. The Hall–Kier alpha value is -2.62. The highest BCUT2D eigenvalue weighted by molar-refractivity contribution is 7.89. The van der Waals surface area contributed by atoms with Crippen LogP contribution in [0.5, 0.6) is 11.5 Å². The monoisotopic (exact) mass is 487 g/mol. The molecule has 0 aromatic heterocycles. The van der Waals surface area contributed by atoms with Gasteiger partial charge < -0.3 is 14.4 Å². The van der Waals surface area contributed by atoms with Gasteiger partial charge >= 0.3 is 0 Å². The predicted molar refractivity (Wildman–Crippen MR) is 129 cm³/mol. The summed E-state index contributed by atoms with van der Waals surface area (Å²) in [5.41, 5.74) is 2.11. The van der Waals surface area contributed by atoms with E-state index in [1.807, 2.05) is 30.0 Å². The van der Waals surface area contributed by atoms with Crippen LogP contribution in [0.4, 0.5) is 0 Å². The summed E-state index contributed by atoms with van der Waals surface area (Å²) in [5.74, 6) is 1.31. The SMILES string of the molecule is COc1ccc(CN2CCN(C(=O)C3CCCN3S(=O)(=O)c3ccc(C)cc3)CC2)cc1OC. The van der Waals surface area contributed by atoms with Crippen LogP contribution in [0.15, 0.2) is 47.4 Å². The Labute approximate surface area is 202 Å². The fourth-order valence-corrected chi connectivity index (χ4v) is 6.35. The first-order valence-electron chi connectivity index (χ1n) is 11.6. The van der Waals surface area contributed by atoms with Crippen molar-refractivity contribution in [3.8, 4) is 11.5 Å². The molecule has 4 rings (SSSR count). The fraction of sp³-hybridized carbons (Fsp3) is 0.480. The molecule has 2 aliphatic rings. The fourth-order valence-electron chi connectivity index (χ4n) is 4.69. The van der Waals surface area contributed by atoms with Gasteiger partial charge in [-0.05, 0) is 49.6 Å². The highest BCUT2D eigenvalue weighted by Gasteiger charge is 2.41. The molecule has 0 spiro atoms. The molecule has 1 unspecified atom stereocenters. The maximum Gasteiger partial charge on any atom is 0.243 e. The Balaban J connectivity index is 1.38. The normalized spacial score (nSPS) is 19.9. The molecule has 2 aliphatic heterocycles. The summed E-state index contributed by atoms with van der Waals surface area (Å²) in [5, 5.41) is 0. The van der Waals surface area contributed by atoms with Crippen LogP contribution >= 0.6 is 0 Å². The van der Waals surface area contributed by atoms with E-state index in [1.165, 1.54) is 4.31 Å². The van der Waals surface area contributed by atoms with Gasteiger partial charge in [0.2, 0.25) is 15.9 Å². The third-order valence-corrected chi connectivity index (χ3v) is 8.58. The van der Waals surface area contributed by atoms with E-state index in [4.69, 9.17) is 9.47 Å². The zero-order chi connectivity index (χ0) is 24.3. The van der Waals surface area contributed by atoms with E-state index in [9.17, 15) is 13.2 Å². The summed E-state index contributed by atoms with van der Waals surface area (Å²) in [6.07, 6.45) is 1.26. The molecule has 0 bridgehead atoms. The molecule has 8 nitrogen and oxygen atoms in total. The van der Waals surface area contributed by atoms with Crippen LogP contribution < -0.4 is 9.47 Å². The quantitative estimate of drug-likeness (QED) is 0.597. The highest BCUT2D eigenvalue weighted by Crippen LogP contribution is 2.29. The summed E-state index contributed by atoms with van der Waals surface area (Å²) in [4.78, 5) is 17.7. The molecule has 0 N–H and O–H groups in total. The summed E-state index contributed by atoms with van der Waals surface area (Å²) in [6, 6.07) is 12.1. The molecule has 9 heteroatoms. The van der Waals surface area contributed by atoms with Gasteiger partial charge in [-0.3, -0.25) is 9.69 Å². The van der Waals surface area contributed by atoms with E-state index in [-0.39, 0.29) is 10.8 Å². The zero-order valence-electron chi connectivity index (χ0n) is 20.1. The second kappa shape index (κ2) is 10.3. The highest BCUT2D eigenvalue weighted by atomic mass is 32.2. The number of amides is 1. The number of benzene rings is 2. The van der Waals surface area contributed by atoms with Gasteiger partial charge in [0.1, 0.15) is 6.04 Å². The molecule has 2 heterocycles. The van der Waals surface area contributed by atoms with Crippen LogP contribution in [0.25, 0.3) is 0 Å². The minimum Gasteiger partial charge on any atom is -0.493 e. The maximum atomic E-state index is 13.3. The van der Waals surface area contributed by atoms with Crippen LogP contribution in [0.2, 0.25) is 0 Å². The third kappa shape index (κ3) is 5.06. The molecule has 1 amide bonds. The second-order valence-corrected chi connectivity index (χ2v) is 10.8. The van der Waals surface area contributed by atoms with Crippen molar-refractivity contribution in [3.05, 3.63) is 53.6 Å². The first kappa shape index (κ1) is 24.5. The van der Waals surface area contributed by atoms with E-state index < -0.39 is 16.1 Å². The van der Waals surface area contributed by atoms with Crippen molar-refractivity contribution in [1.29, 1.82) is 0 Å². The lowest BCUT2D eigenvalue weighted by atomic mass is 10.1. The summed E-state index contributed by atoms with van der Waals surface area (Å²) >= 11 is 0. The van der Waals surface area contributed by atoms with Gasteiger partial charge in [-0.25, -0.2) is 8.42 Å². The Morgan fingerprint density at radius 2 is 1.62 bits per heavy atom. The minimum absolute atomic E-state index is 0.0843. The topological polar surface area (TPSA) is 79.4 Å². The minimum atomic E-state index is -3.70. The maximum absolute atomic E-state index is 13.3. The Morgan fingerprint density at radius 1 is 0.941 bits per heavy atom. The first-order chi connectivity index (χ1) is 16.3. The summed E-state index contributed by atoms with van der Waals surface area (Å²) in [7, 11) is -0.460. The molecule has 2 saturated heterocycles. The molecule has 2 fully saturated rings. The lowest BCUT2D eigenvalue weighted by molar-refractivity contribution is -0.136. The lowest BCUT2D eigenvalue weighted by Gasteiger charge is -2.37. The zero-order valence-corrected chi connectivity index (χ0v) is 20.9. The number of hydrogen-bond acceptors (Lipinski definition) is 6.